The van der Waals surface area contributed by atoms with Crippen LogP contribution in [0.3, 0.4) is 0 Å². The number of halogens is 1. The molecular formula is C34H27FN6O3S. The van der Waals surface area contributed by atoms with Crippen molar-refractivity contribution in [2.75, 3.05) is 11.9 Å². The number of fused-ring (bicyclic) bond motifs is 2. The second kappa shape index (κ2) is 11.7. The normalized spacial score (nSPS) is 16.4. The molecule has 11 heteroatoms. The van der Waals surface area contributed by atoms with Gasteiger partial charge in [0.2, 0.25) is 11.8 Å². The number of Topliss-reactive ketones (excluding diaryl/α,β-unsaturated/α-hetero) is 1. The largest absolute Gasteiger partial charge is 0.337 e. The summed E-state index contributed by atoms with van der Waals surface area (Å²) in [6.07, 6.45) is 3.41. The van der Waals surface area contributed by atoms with Gasteiger partial charge in [-0.05, 0) is 61.4 Å². The highest BCUT2D eigenvalue weighted by Crippen LogP contribution is 2.35. The highest BCUT2D eigenvalue weighted by atomic mass is 32.1. The summed E-state index contributed by atoms with van der Waals surface area (Å²) in [5, 5.41) is 12.0. The Balaban J connectivity index is 1.14. The summed E-state index contributed by atoms with van der Waals surface area (Å²) >= 11 is 1.50. The Morgan fingerprint density at radius 3 is 2.62 bits per heavy atom. The maximum Gasteiger partial charge on any atom is 0.250 e. The number of amides is 2. The molecule has 0 bridgehead atoms. The van der Waals surface area contributed by atoms with Gasteiger partial charge in [-0.25, -0.2) is 9.37 Å². The number of anilines is 1. The maximum atomic E-state index is 15.3. The number of likely N-dealkylation sites (tertiary alicyclic amines) is 1. The average Bonchev–Trinajstić information content (AvgIpc) is 3.76. The number of nitrogens with zero attached hydrogens (tertiary/aromatic N) is 5. The Hall–Kier alpha value is -5.29. The number of thiazole rings is 1. The van der Waals surface area contributed by atoms with Crippen LogP contribution in [-0.4, -0.2) is 61.0 Å². The first-order valence-corrected chi connectivity index (χ1v) is 15.3. The van der Waals surface area contributed by atoms with E-state index in [0.717, 1.165) is 31.9 Å². The summed E-state index contributed by atoms with van der Waals surface area (Å²) in [4.78, 5) is 45.9. The molecule has 3 aromatic heterocycles. The first-order valence-electron chi connectivity index (χ1n) is 14.5. The summed E-state index contributed by atoms with van der Waals surface area (Å²) in [6, 6.07) is 21.2. The van der Waals surface area contributed by atoms with Crippen LogP contribution in [0.2, 0.25) is 0 Å². The first kappa shape index (κ1) is 28.5. The van der Waals surface area contributed by atoms with Crippen molar-refractivity contribution in [3.05, 3.63) is 97.0 Å². The number of ketones is 1. The maximum absolute atomic E-state index is 15.3. The Kier molecular flexibility index (Phi) is 7.38. The van der Waals surface area contributed by atoms with E-state index in [1.807, 2.05) is 60.7 Å². The minimum absolute atomic E-state index is 0.0534. The smallest absolute Gasteiger partial charge is 0.250 e. The van der Waals surface area contributed by atoms with Gasteiger partial charge >= 0.3 is 0 Å². The predicted octanol–water partition coefficient (Wildman–Crippen LogP) is 6.16. The van der Waals surface area contributed by atoms with E-state index in [0.29, 0.717) is 22.2 Å². The fraction of sp³-hybridized carbons (Fsp3) is 0.176. The van der Waals surface area contributed by atoms with Crippen LogP contribution >= 0.6 is 11.3 Å². The minimum Gasteiger partial charge on any atom is -0.337 e. The monoisotopic (exact) mass is 618 g/mol. The third-order valence-electron chi connectivity index (χ3n) is 8.11. The Bertz CT molecular complexity index is 2060. The van der Waals surface area contributed by atoms with Crippen LogP contribution in [0.25, 0.3) is 42.8 Å². The van der Waals surface area contributed by atoms with Crippen molar-refractivity contribution in [1.82, 2.24) is 24.6 Å². The van der Waals surface area contributed by atoms with Gasteiger partial charge in [-0.15, -0.1) is 11.3 Å². The molecule has 0 aliphatic carbocycles. The van der Waals surface area contributed by atoms with Crippen LogP contribution in [0, 0.1) is 0 Å². The zero-order valence-electron chi connectivity index (χ0n) is 24.2. The van der Waals surface area contributed by atoms with Crippen molar-refractivity contribution in [2.45, 2.75) is 32.1 Å². The molecule has 7 rings (SSSR count). The van der Waals surface area contributed by atoms with Crippen molar-refractivity contribution in [3.8, 4) is 21.7 Å². The number of rotatable bonds is 7. The van der Waals surface area contributed by atoms with Crippen molar-refractivity contribution in [1.29, 1.82) is 0 Å². The third kappa shape index (κ3) is 5.35. The fourth-order valence-electron chi connectivity index (χ4n) is 5.90. The summed E-state index contributed by atoms with van der Waals surface area (Å²) < 4.78 is 18.0. The lowest BCUT2D eigenvalue weighted by molar-refractivity contribution is -0.138. The van der Waals surface area contributed by atoms with E-state index >= 15 is 4.39 Å². The number of carbonyl (C=O) groups excluding carboxylic acids is 3. The average molecular weight is 619 g/mol. The van der Waals surface area contributed by atoms with E-state index in [-0.39, 0.29) is 25.3 Å². The van der Waals surface area contributed by atoms with Crippen molar-refractivity contribution in [2.24, 2.45) is 0 Å². The number of alkyl halides is 1. The highest BCUT2D eigenvalue weighted by Gasteiger charge is 2.42. The number of benzene rings is 3. The first-order chi connectivity index (χ1) is 21.9. The van der Waals surface area contributed by atoms with Gasteiger partial charge in [0, 0.05) is 40.3 Å². The molecule has 1 aliphatic rings. The van der Waals surface area contributed by atoms with Crippen molar-refractivity contribution >= 4 is 55.7 Å². The number of carbonyl (C=O) groups is 3. The number of hydrogen-bond donors (Lipinski definition) is 1. The van der Waals surface area contributed by atoms with Gasteiger partial charge in [0.25, 0.3) is 0 Å². The minimum atomic E-state index is -1.52. The Labute approximate surface area is 261 Å². The van der Waals surface area contributed by atoms with E-state index < -0.39 is 24.0 Å². The molecule has 2 unspecified atom stereocenters. The molecule has 0 saturated carbocycles. The summed E-state index contributed by atoms with van der Waals surface area (Å²) in [5.74, 6) is -1.16. The second-order valence-electron chi connectivity index (χ2n) is 10.9. The zero-order valence-corrected chi connectivity index (χ0v) is 25.0. The van der Waals surface area contributed by atoms with Gasteiger partial charge in [0.05, 0.1) is 28.3 Å². The van der Waals surface area contributed by atoms with Crippen molar-refractivity contribution < 1.29 is 18.8 Å². The van der Waals surface area contributed by atoms with Gasteiger partial charge in [0.15, 0.2) is 5.78 Å². The van der Waals surface area contributed by atoms with E-state index in [2.05, 4.69) is 15.5 Å². The zero-order chi connectivity index (χ0) is 31.1. The van der Waals surface area contributed by atoms with Gasteiger partial charge in [-0.1, -0.05) is 30.3 Å². The molecule has 6 aromatic rings. The van der Waals surface area contributed by atoms with Crippen LogP contribution in [0.4, 0.5) is 10.1 Å². The van der Waals surface area contributed by atoms with Crippen LogP contribution < -0.4 is 5.32 Å². The molecule has 2 atom stereocenters. The SMILES string of the molecule is CC(=O)c1cn(CC(=O)N2CCC(F)C2C(=O)Nc2ccccc2-c2nc3ccccc3s2)c2ccc(-c3ccnnc3)cc12. The molecule has 1 aliphatic heterocycles. The van der Waals surface area contributed by atoms with E-state index in [4.69, 9.17) is 4.98 Å². The third-order valence-corrected chi connectivity index (χ3v) is 9.18. The Morgan fingerprint density at radius 2 is 1.82 bits per heavy atom. The molecule has 0 spiro atoms. The molecule has 0 radical (unpaired) electrons. The molecule has 224 valence electrons. The molecule has 1 N–H and O–H groups in total. The standard InChI is InChI=1S/C34H27FN6O3S/c1-20(42)25-18-40(29-11-10-21(16-24(25)29)22-12-14-36-37-17-22)19-31(43)41-15-13-26(35)32(41)33(44)38-27-7-3-2-6-23(27)34-39-28-8-4-5-9-30(28)45-34/h2-12,14,16-18,26,32H,13,15,19H2,1H3,(H,38,44). The molecular weight excluding hydrogens is 591 g/mol. The Morgan fingerprint density at radius 1 is 1.00 bits per heavy atom. The summed E-state index contributed by atoms with van der Waals surface area (Å²) in [5.41, 5.74) is 4.91. The lowest BCUT2D eigenvalue weighted by Gasteiger charge is -2.25. The lowest BCUT2D eigenvalue weighted by atomic mass is 10.0. The van der Waals surface area contributed by atoms with Gasteiger partial charge in [-0.3, -0.25) is 14.4 Å². The topological polar surface area (TPSA) is 110 Å². The second-order valence-corrected chi connectivity index (χ2v) is 12.0. The molecule has 1 fully saturated rings. The number of para-hydroxylation sites is 2. The van der Waals surface area contributed by atoms with Gasteiger partial charge in [0.1, 0.15) is 23.8 Å². The van der Waals surface area contributed by atoms with Gasteiger partial charge < -0.3 is 14.8 Å². The fourth-order valence-corrected chi connectivity index (χ4v) is 6.90. The van der Waals surface area contributed by atoms with Gasteiger partial charge in [-0.2, -0.15) is 10.2 Å². The summed E-state index contributed by atoms with van der Waals surface area (Å²) in [6.45, 7) is 1.43. The molecule has 4 heterocycles. The van der Waals surface area contributed by atoms with Crippen LogP contribution in [0.15, 0.2) is 91.4 Å². The number of aromatic nitrogens is 4. The van der Waals surface area contributed by atoms with Crippen LogP contribution in [0.1, 0.15) is 23.7 Å². The van der Waals surface area contributed by atoms with E-state index in [1.54, 1.807) is 35.3 Å². The molecule has 45 heavy (non-hydrogen) atoms. The van der Waals surface area contributed by atoms with E-state index in [9.17, 15) is 14.4 Å². The summed E-state index contributed by atoms with van der Waals surface area (Å²) in [7, 11) is 0. The molecule has 1 saturated heterocycles. The molecule has 9 nitrogen and oxygen atoms in total. The van der Waals surface area contributed by atoms with E-state index in [1.165, 1.54) is 23.2 Å². The quantitative estimate of drug-likeness (QED) is 0.215. The number of nitrogens with one attached hydrogen (secondary N) is 1. The van der Waals surface area contributed by atoms with Crippen molar-refractivity contribution in [3.63, 3.8) is 0 Å². The highest BCUT2D eigenvalue weighted by molar-refractivity contribution is 7.21. The number of hydrogen-bond acceptors (Lipinski definition) is 7. The molecule has 3 aromatic carbocycles. The van der Waals surface area contributed by atoms with Crippen LogP contribution in [0.5, 0.6) is 0 Å². The predicted molar refractivity (Wildman–Crippen MR) is 172 cm³/mol. The molecule has 2 amide bonds. The van der Waals surface area contributed by atoms with Crippen LogP contribution in [-0.2, 0) is 16.1 Å². The lowest BCUT2D eigenvalue weighted by Crippen LogP contribution is -2.47.